The lowest BCUT2D eigenvalue weighted by molar-refractivity contribution is -0.124. The second-order valence-corrected chi connectivity index (χ2v) is 5.96. The van der Waals surface area contributed by atoms with Crippen molar-refractivity contribution in [3.8, 4) is 0 Å². The normalized spacial score (nSPS) is 21.3. The molecule has 1 aliphatic carbocycles. The van der Waals surface area contributed by atoms with E-state index < -0.39 is 0 Å². The highest BCUT2D eigenvalue weighted by molar-refractivity contribution is 6.00. The first kappa shape index (κ1) is 15.1. The molecule has 0 aromatic carbocycles. The van der Waals surface area contributed by atoms with Gasteiger partial charge >= 0.3 is 0 Å². The molecule has 0 aliphatic heterocycles. The molecule has 1 rings (SSSR count). The van der Waals surface area contributed by atoms with Gasteiger partial charge in [0.1, 0.15) is 5.78 Å². The van der Waals surface area contributed by atoms with E-state index in [0.717, 1.165) is 24.8 Å². The molecule has 2 heteroatoms. The van der Waals surface area contributed by atoms with Gasteiger partial charge in [-0.1, -0.05) is 39.7 Å². The van der Waals surface area contributed by atoms with Gasteiger partial charge in [-0.2, -0.15) is 0 Å². The van der Waals surface area contributed by atoms with Crippen molar-refractivity contribution in [1.29, 1.82) is 0 Å². The first-order valence-corrected chi connectivity index (χ1v) is 7.22. The van der Waals surface area contributed by atoms with Crippen LogP contribution in [0, 0.1) is 17.8 Å². The molecule has 0 radical (unpaired) electrons. The number of hydrogen-bond acceptors (Lipinski definition) is 2. The fourth-order valence-corrected chi connectivity index (χ4v) is 2.65. The minimum atomic E-state index is -0.113. The molecule has 2 atom stereocenters. The Morgan fingerprint density at radius 2 is 2.00 bits per heavy atom. The van der Waals surface area contributed by atoms with Gasteiger partial charge in [0.15, 0.2) is 5.78 Å². The molecule has 0 aromatic rings. The highest BCUT2D eigenvalue weighted by atomic mass is 16.1. The summed E-state index contributed by atoms with van der Waals surface area (Å²) in [5.74, 6) is 1.21. The van der Waals surface area contributed by atoms with Gasteiger partial charge in [0.05, 0.1) is 0 Å². The lowest BCUT2D eigenvalue weighted by Crippen LogP contribution is -2.18. The predicted molar refractivity (Wildman–Crippen MR) is 74.3 cm³/mol. The van der Waals surface area contributed by atoms with Crippen LogP contribution in [0.2, 0.25) is 0 Å². The second kappa shape index (κ2) is 6.86. The maximum Gasteiger partial charge on any atom is 0.156 e. The van der Waals surface area contributed by atoms with E-state index in [9.17, 15) is 9.59 Å². The lowest BCUT2D eigenvalue weighted by atomic mass is 9.84. The van der Waals surface area contributed by atoms with Crippen LogP contribution in [0.5, 0.6) is 0 Å². The quantitative estimate of drug-likeness (QED) is 0.685. The average molecular weight is 250 g/mol. The van der Waals surface area contributed by atoms with Crippen LogP contribution < -0.4 is 0 Å². The van der Waals surface area contributed by atoms with Crippen molar-refractivity contribution in [2.75, 3.05) is 0 Å². The zero-order chi connectivity index (χ0) is 13.7. The van der Waals surface area contributed by atoms with Crippen molar-refractivity contribution in [3.05, 3.63) is 11.6 Å². The maximum atomic E-state index is 12.2. The van der Waals surface area contributed by atoms with Crippen LogP contribution >= 0.6 is 0 Å². The number of carbonyl (C=O) groups excluding carboxylic acids is 2. The molecule has 0 N–H and O–H groups in total. The Bertz CT molecular complexity index is 339. The summed E-state index contributed by atoms with van der Waals surface area (Å²) in [5.41, 5.74) is 1.09. The summed E-state index contributed by atoms with van der Waals surface area (Å²) in [5, 5.41) is 0. The summed E-state index contributed by atoms with van der Waals surface area (Å²) < 4.78 is 0. The third-order valence-corrected chi connectivity index (χ3v) is 3.78. The van der Waals surface area contributed by atoms with Crippen molar-refractivity contribution in [2.24, 2.45) is 17.8 Å². The molecule has 0 heterocycles. The molecule has 0 bridgehead atoms. The molecule has 0 saturated heterocycles. The standard InChI is InChI=1S/C16H26O2/c1-5-6-12(4)14-9-13(17)10-15(14)16(18)8-7-11(2)3/h9,11-12,15H,5-8,10H2,1-4H3. The average Bonchev–Trinajstić information content (AvgIpc) is 2.68. The van der Waals surface area contributed by atoms with Crippen LogP contribution in [0.1, 0.15) is 59.8 Å². The van der Waals surface area contributed by atoms with E-state index in [2.05, 4.69) is 27.7 Å². The molecule has 0 aromatic heterocycles. The summed E-state index contributed by atoms with van der Waals surface area (Å²) in [6.07, 6.45) is 5.86. The van der Waals surface area contributed by atoms with E-state index in [0.29, 0.717) is 24.7 Å². The second-order valence-electron chi connectivity index (χ2n) is 5.96. The molecule has 2 nitrogen and oxygen atoms in total. The summed E-state index contributed by atoms with van der Waals surface area (Å²) in [7, 11) is 0. The Morgan fingerprint density at radius 3 is 2.56 bits per heavy atom. The molecule has 18 heavy (non-hydrogen) atoms. The summed E-state index contributed by atoms with van der Waals surface area (Å²) in [4.78, 5) is 23.8. The van der Waals surface area contributed by atoms with E-state index in [1.807, 2.05) is 0 Å². The molecule has 0 spiro atoms. The number of rotatable bonds is 7. The minimum absolute atomic E-state index is 0.113. The van der Waals surface area contributed by atoms with Gasteiger partial charge in [0.25, 0.3) is 0 Å². The van der Waals surface area contributed by atoms with Gasteiger partial charge in [0, 0.05) is 18.8 Å². The van der Waals surface area contributed by atoms with E-state index in [1.165, 1.54) is 0 Å². The third-order valence-electron chi connectivity index (χ3n) is 3.78. The Hall–Kier alpha value is -0.920. The van der Waals surface area contributed by atoms with Crippen LogP contribution in [0.3, 0.4) is 0 Å². The fraction of sp³-hybridized carbons (Fsp3) is 0.750. The molecular weight excluding hydrogens is 224 g/mol. The van der Waals surface area contributed by atoms with E-state index in [-0.39, 0.29) is 17.5 Å². The molecule has 0 fully saturated rings. The van der Waals surface area contributed by atoms with Gasteiger partial charge in [-0.3, -0.25) is 9.59 Å². The van der Waals surface area contributed by atoms with Crippen molar-refractivity contribution in [1.82, 2.24) is 0 Å². The molecule has 0 saturated carbocycles. The van der Waals surface area contributed by atoms with Crippen molar-refractivity contribution < 1.29 is 9.59 Å². The number of hydrogen-bond donors (Lipinski definition) is 0. The van der Waals surface area contributed by atoms with Crippen LogP contribution in [0.15, 0.2) is 11.6 Å². The van der Waals surface area contributed by atoms with E-state index in [4.69, 9.17) is 0 Å². The predicted octanol–water partition coefficient (Wildman–Crippen LogP) is 3.94. The van der Waals surface area contributed by atoms with Crippen molar-refractivity contribution in [2.45, 2.75) is 59.8 Å². The Morgan fingerprint density at radius 1 is 1.33 bits per heavy atom. The first-order valence-electron chi connectivity index (χ1n) is 7.22. The summed E-state index contributed by atoms with van der Waals surface area (Å²) in [6.45, 7) is 8.53. The fourth-order valence-electron chi connectivity index (χ4n) is 2.65. The smallest absolute Gasteiger partial charge is 0.156 e. The van der Waals surface area contributed by atoms with Crippen molar-refractivity contribution >= 4 is 11.6 Å². The van der Waals surface area contributed by atoms with Gasteiger partial charge in [-0.15, -0.1) is 0 Å². The van der Waals surface area contributed by atoms with Gasteiger partial charge in [0.2, 0.25) is 0 Å². The van der Waals surface area contributed by atoms with Gasteiger partial charge in [-0.05, 0) is 30.8 Å². The lowest BCUT2D eigenvalue weighted by Gasteiger charge is -2.19. The highest BCUT2D eigenvalue weighted by Gasteiger charge is 2.32. The molecule has 0 amide bonds. The SMILES string of the molecule is CCCC(C)C1=CC(=O)CC1C(=O)CCC(C)C. The first-order chi connectivity index (χ1) is 8.45. The monoisotopic (exact) mass is 250 g/mol. The Labute approximate surface area is 111 Å². The van der Waals surface area contributed by atoms with E-state index in [1.54, 1.807) is 6.08 Å². The van der Waals surface area contributed by atoms with Gasteiger partial charge in [-0.25, -0.2) is 0 Å². The van der Waals surface area contributed by atoms with Gasteiger partial charge < -0.3 is 0 Å². The largest absolute Gasteiger partial charge is 0.299 e. The van der Waals surface area contributed by atoms with Crippen molar-refractivity contribution in [3.63, 3.8) is 0 Å². The summed E-state index contributed by atoms with van der Waals surface area (Å²) >= 11 is 0. The highest BCUT2D eigenvalue weighted by Crippen LogP contribution is 2.33. The van der Waals surface area contributed by atoms with Crippen LogP contribution in [-0.4, -0.2) is 11.6 Å². The Kier molecular flexibility index (Phi) is 5.77. The minimum Gasteiger partial charge on any atom is -0.299 e. The number of carbonyl (C=O) groups is 2. The zero-order valence-electron chi connectivity index (χ0n) is 12.2. The molecule has 1 aliphatic rings. The molecular formula is C16H26O2. The number of Topliss-reactive ketones (excluding diaryl/α,β-unsaturated/α-hetero) is 1. The van der Waals surface area contributed by atoms with E-state index >= 15 is 0 Å². The zero-order valence-corrected chi connectivity index (χ0v) is 12.2. The number of allylic oxidation sites excluding steroid dienone is 2. The topological polar surface area (TPSA) is 34.1 Å². The number of ketones is 2. The van der Waals surface area contributed by atoms with Crippen LogP contribution in [0.4, 0.5) is 0 Å². The molecule has 2 unspecified atom stereocenters. The van der Waals surface area contributed by atoms with Crippen LogP contribution in [0.25, 0.3) is 0 Å². The summed E-state index contributed by atoms with van der Waals surface area (Å²) in [6, 6.07) is 0. The maximum absolute atomic E-state index is 12.2. The van der Waals surface area contributed by atoms with Crippen LogP contribution in [-0.2, 0) is 9.59 Å². The molecule has 102 valence electrons. The third kappa shape index (κ3) is 4.08. The Balaban J connectivity index is 2.66.